The third-order valence-corrected chi connectivity index (χ3v) is 10.5. The van der Waals surface area contributed by atoms with Gasteiger partial charge in [-0.3, -0.25) is 14.3 Å². The van der Waals surface area contributed by atoms with Crippen molar-refractivity contribution < 1.29 is 0 Å². The normalized spacial score (nSPS) is 12.3. The highest BCUT2D eigenvalue weighted by Gasteiger charge is 2.23. The zero-order valence-electron chi connectivity index (χ0n) is 24.6. The Balaban J connectivity index is 1.12. The molecule has 4 heteroatoms. The lowest BCUT2D eigenvalue weighted by atomic mass is 9.91. The van der Waals surface area contributed by atoms with E-state index in [0.717, 1.165) is 42.9 Å². The van der Waals surface area contributed by atoms with E-state index in [1.807, 2.05) is 41.2 Å². The van der Waals surface area contributed by atoms with Crippen LogP contribution in [0.1, 0.15) is 0 Å². The third-order valence-electron chi connectivity index (χ3n) is 9.45. The molecule has 9 aromatic rings. The van der Waals surface area contributed by atoms with Gasteiger partial charge in [0.15, 0.2) is 0 Å². The molecule has 10 rings (SSSR count). The molecule has 0 spiro atoms. The van der Waals surface area contributed by atoms with Crippen LogP contribution in [0.2, 0.25) is 0 Å². The fraction of sp³-hybridized carbons (Fsp3) is 0. The van der Waals surface area contributed by atoms with Crippen LogP contribution in [0.3, 0.4) is 0 Å². The monoisotopic (exact) mass is 604 g/mol. The van der Waals surface area contributed by atoms with Gasteiger partial charge in [0.05, 0.1) is 16.1 Å². The Hall–Kier alpha value is -5.71. The molecule has 0 saturated heterocycles. The van der Waals surface area contributed by atoms with Gasteiger partial charge in [-0.05, 0) is 90.3 Å². The van der Waals surface area contributed by atoms with Crippen molar-refractivity contribution in [2.75, 3.05) is 0 Å². The minimum Gasteiger partial charge on any atom is -0.274 e. The Morgan fingerprint density at radius 2 is 0.978 bits per heavy atom. The van der Waals surface area contributed by atoms with E-state index in [0.29, 0.717) is 5.39 Å². The molecule has 0 amide bonds. The Bertz CT molecular complexity index is 2780. The van der Waals surface area contributed by atoms with E-state index in [-0.39, 0.29) is 5.56 Å². The number of hydrogen-bond donors (Lipinski definition) is 0. The van der Waals surface area contributed by atoms with Crippen molar-refractivity contribution in [2.24, 2.45) is 0 Å². The number of rotatable bonds is 2. The quantitative estimate of drug-likeness (QED) is 0.184. The predicted octanol–water partition coefficient (Wildman–Crippen LogP) is 10.8. The van der Waals surface area contributed by atoms with Crippen LogP contribution in [0.15, 0.2) is 160 Å². The second-order valence-corrected chi connectivity index (χ2v) is 13.0. The minimum atomic E-state index is 0.00320. The molecule has 0 bridgehead atoms. The zero-order valence-corrected chi connectivity index (χ0v) is 25.4. The van der Waals surface area contributed by atoms with Crippen LogP contribution < -0.4 is 5.56 Å². The maximum absolute atomic E-state index is 13.9. The van der Waals surface area contributed by atoms with Crippen LogP contribution in [-0.2, 0) is 0 Å². The molecule has 1 aliphatic rings. The van der Waals surface area contributed by atoms with E-state index >= 15 is 0 Å². The predicted molar refractivity (Wildman–Crippen MR) is 192 cm³/mol. The molecule has 46 heavy (non-hydrogen) atoms. The molecular weight excluding hydrogens is 581 g/mol. The van der Waals surface area contributed by atoms with Crippen LogP contribution >= 0.6 is 11.8 Å². The summed E-state index contributed by atoms with van der Waals surface area (Å²) in [6.07, 6.45) is 3.75. The van der Waals surface area contributed by atoms with Gasteiger partial charge in [0.1, 0.15) is 0 Å². The van der Waals surface area contributed by atoms with Crippen molar-refractivity contribution in [1.82, 2.24) is 9.55 Å². The SMILES string of the molecule is O=c1c2ccccc2c2cncc3c2n1-c1ccc(-c2cccc(-c4ccc5c6ccccc6c6ccccc6c5c4)c2)cc1S3. The second kappa shape index (κ2) is 9.64. The summed E-state index contributed by atoms with van der Waals surface area (Å²) in [7, 11) is 0. The van der Waals surface area contributed by atoms with Gasteiger partial charge in [0.2, 0.25) is 0 Å². The van der Waals surface area contributed by atoms with Gasteiger partial charge in [-0.2, -0.15) is 0 Å². The lowest BCUT2D eigenvalue weighted by molar-refractivity contribution is 0.994. The molecule has 0 atom stereocenters. The summed E-state index contributed by atoms with van der Waals surface area (Å²) in [6.45, 7) is 0. The highest BCUT2D eigenvalue weighted by molar-refractivity contribution is 7.99. The van der Waals surface area contributed by atoms with Crippen LogP contribution in [0.5, 0.6) is 0 Å². The summed E-state index contributed by atoms with van der Waals surface area (Å²) in [4.78, 5) is 20.5. The number of benzene rings is 7. The fourth-order valence-electron chi connectivity index (χ4n) is 7.34. The Kier molecular flexibility index (Phi) is 5.37. The molecule has 0 unspecified atom stereocenters. The van der Waals surface area contributed by atoms with Gasteiger partial charge in [-0.25, -0.2) is 0 Å². The number of pyridine rings is 2. The average molecular weight is 605 g/mol. The summed E-state index contributed by atoms with van der Waals surface area (Å²) < 4.78 is 1.88. The Morgan fingerprint density at radius 1 is 0.435 bits per heavy atom. The standard InChI is InChI=1S/C42H24N2OS/c45-42-35-15-6-5-14-33(35)37-23-43-24-40-41(37)44(42)38-19-17-28(22-39(38)46-40)26-9-7-8-25(20-26)27-16-18-34-31-12-2-1-10-29(31)30-11-3-4-13-32(30)36(34)21-27/h1-24H. The lowest BCUT2D eigenvalue weighted by Gasteiger charge is -2.23. The van der Waals surface area contributed by atoms with Gasteiger partial charge < -0.3 is 0 Å². The maximum Gasteiger partial charge on any atom is 0.263 e. The molecule has 3 nitrogen and oxygen atoms in total. The number of fused-ring (bicyclic) bond motifs is 10. The maximum atomic E-state index is 13.9. The Morgan fingerprint density at radius 3 is 1.67 bits per heavy atom. The molecule has 0 fully saturated rings. The van der Waals surface area contributed by atoms with E-state index in [1.54, 1.807) is 11.8 Å². The summed E-state index contributed by atoms with van der Waals surface area (Å²) in [5.74, 6) is 0. The first-order valence-corrected chi connectivity index (χ1v) is 16.2. The van der Waals surface area contributed by atoms with E-state index in [2.05, 4.69) is 114 Å². The highest BCUT2D eigenvalue weighted by atomic mass is 32.2. The van der Waals surface area contributed by atoms with Crippen molar-refractivity contribution in [1.29, 1.82) is 0 Å². The van der Waals surface area contributed by atoms with Gasteiger partial charge in [0, 0.05) is 28.1 Å². The highest BCUT2D eigenvalue weighted by Crippen LogP contribution is 2.44. The van der Waals surface area contributed by atoms with Crippen LogP contribution in [0.25, 0.3) is 81.9 Å². The van der Waals surface area contributed by atoms with Crippen LogP contribution in [0.4, 0.5) is 0 Å². The molecule has 3 heterocycles. The largest absolute Gasteiger partial charge is 0.274 e. The first-order chi connectivity index (χ1) is 22.7. The average Bonchev–Trinajstić information content (AvgIpc) is 3.13. The zero-order chi connectivity index (χ0) is 30.4. The third kappa shape index (κ3) is 3.62. The minimum absolute atomic E-state index is 0.00320. The number of aromatic nitrogens is 2. The summed E-state index contributed by atoms with van der Waals surface area (Å²) in [5.41, 5.74) is 6.46. The molecule has 0 aliphatic carbocycles. The van der Waals surface area contributed by atoms with Crippen LogP contribution in [0, 0.1) is 0 Å². The van der Waals surface area contributed by atoms with Crippen molar-refractivity contribution >= 4 is 65.8 Å². The fourth-order valence-corrected chi connectivity index (χ4v) is 8.44. The van der Waals surface area contributed by atoms with Crippen molar-refractivity contribution in [3.8, 4) is 27.9 Å². The first-order valence-electron chi connectivity index (χ1n) is 15.4. The topological polar surface area (TPSA) is 34.9 Å². The Labute approximate surface area is 268 Å². The molecule has 0 radical (unpaired) electrons. The lowest BCUT2D eigenvalue weighted by Crippen LogP contribution is -2.22. The van der Waals surface area contributed by atoms with Crippen molar-refractivity contribution in [2.45, 2.75) is 9.79 Å². The van der Waals surface area contributed by atoms with E-state index in [9.17, 15) is 4.79 Å². The van der Waals surface area contributed by atoms with Gasteiger partial charge in [-0.1, -0.05) is 115 Å². The second-order valence-electron chi connectivity index (χ2n) is 11.9. The smallest absolute Gasteiger partial charge is 0.263 e. The first kappa shape index (κ1) is 25.6. The summed E-state index contributed by atoms with van der Waals surface area (Å²) in [5, 5.41) is 10.3. The molecule has 1 aliphatic heterocycles. The molecule has 2 aromatic heterocycles. The molecule has 0 saturated carbocycles. The van der Waals surface area contributed by atoms with Gasteiger partial charge >= 0.3 is 0 Å². The summed E-state index contributed by atoms with van der Waals surface area (Å²) >= 11 is 1.68. The molecule has 7 aromatic carbocycles. The van der Waals surface area contributed by atoms with Crippen molar-refractivity contribution in [3.63, 3.8) is 0 Å². The number of hydrogen-bond acceptors (Lipinski definition) is 3. The van der Waals surface area contributed by atoms with Gasteiger partial charge in [0.25, 0.3) is 5.56 Å². The molecular formula is C42H24N2OS. The summed E-state index contributed by atoms with van der Waals surface area (Å²) in [6, 6.07) is 47.3. The van der Waals surface area contributed by atoms with Crippen LogP contribution in [-0.4, -0.2) is 9.55 Å². The molecule has 214 valence electrons. The van der Waals surface area contributed by atoms with Crippen molar-refractivity contribution in [3.05, 3.63) is 156 Å². The number of nitrogens with zero attached hydrogens (tertiary/aromatic N) is 2. The van der Waals surface area contributed by atoms with E-state index < -0.39 is 0 Å². The van der Waals surface area contributed by atoms with E-state index in [4.69, 9.17) is 0 Å². The van der Waals surface area contributed by atoms with E-state index in [1.165, 1.54) is 43.4 Å². The van der Waals surface area contributed by atoms with Gasteiger partial charge in [-0.15, -0.1) is 0 Å². The molecule has 0 N–H and O–H groups in total.